The van der Waals surface area contributed by atoms with E-state index in [4.69, 9.17) is 16.3 Å². The van der Waals surface area contributed by atoms with Crippen LogP contribution in [0.1, 0.15) is 31.2 Å². The molecule has 1 heterocycles. The Hall–Kier alpha value is -1.32. The van der Waals surface area contributed by atoms with Crippen LogP contribution in [-0.4, -0.2) is 10.7 Å². The summed E-state index contributed by atoms with van der Waals surface area (Å²) >= 11 is 6.18. The van der Waals surface area contributed by atoms with Gasteiger partial charge >= 0.3 is 0 Å². The van der Waals surface area contributed by atoms with E-state index >= 15 is 0 Å². The molecule has 3 rings (SSSR count). The molecule has 20 heavy (non-hydrogen) atoms. The Morgan fingerprint density at radius 1 is 1.25 bits per heavy atom. The molecule has 106 valence electrons. The van der Waals surface area contributed by atoms with Crippen molar-refractivity contribution >= 4 is 11.6 Å². The Labute approximate surface area is 124 Å². The first-order chi connectivity index (χ1) is 9.81. The van der Waals surface area contributed by atoms with Crippen LogP contribution in [0.15, 0.2) is 43.0 Å². The number of rotatable bonds is 5. The molecule has 0 radical (unpaired) electrons. The van der Waals surface area contributed by atoms with Crippen molar-refractivity contribution in [2.75, 3.05) is 0 Å². The standard InChI is InChI=1S/C16H20ClN2O/c17-16-8-4-1-5-14(16)11-18-9-10-19(12-18)13-20-15-6-2-3-7-15/h1,4-5,8-10,12,15H,2-3,6-7,11,13H2/q+1. The van der Waals surface area contributed by atoms with Crippen molar-refractivity contribution in [1.29, 1.82) is 0 Å². The molecule has 0 atom stereocenters. The van der Waals surface area contributed by atoms with Crippen LogP contribution in [0.2, 0.25) is 5.02 Å². The van der Waals surface area contributed by atoms with Crippen molar-refractivity contribution in [3.63, 3.8) is 0 Å². The number of aromatic nitrogens is 2. The number of hydrogen-bond acceptors (Lipinski definition) is 1. The minimum absolute atomic E-state index is 0.453. The van der Waals surface area contributed by atoms with Crippen LogP contribution in [0.4, 0.5) is 0 Å². The lowest BCUT2D eigenvalue weighted by Crippen LogP contribution is -2.31. The molecular weight excluding hydrogens is 272 g/mol. The molecule has 1 aromatic heterocycles. The predicted octanol–water partition coefficient (Wildman–Crippen LogP) is 3.39. The second-order valence-corrected chi connectivity index (χ2v) is 5.80. The Bertz CT molecular complexity index is 561. The molecule has 0 N–H and O–H groups in total. The highest BCUT2D eigenvalue weighted by molar-refractivity contribution is 6.31. The van der Waals surface area contributed by atoms with Crippen LogP contribution in [-0.2, 0) is 18.0 Å². The molecule has 0 aliphatic heterocycles. The highest BCUT2D eigenvalue weighted by Gasteiger charge is 2.16. The highest BCUT2D eigenvalue weighted by Crippen LogP contribution is 2.21. The summed E-state index contributed by atoms with van der Waals surface area (Å²) in [5, 5.41) is 0.815. The summed E-state index contributed by atoms with van der Waals surface area (Å²) in [6, 6.07) is 7.96. The molecule has 1 fully saturated rings. The number of hydrogen-bond donors (Lipinski definition) is 0. The SMILES string of the molecule is Clc1ccccc1C[n+]1ccn(COC2CCCC2)c1. The van der Waals surface area contributed by atoms with Gasteiger partial charge in [0.05, 0.1) is 6.10 Å². The minimum atomic E-state index is 0.453. The molecule has 0 saturated heterocycles. The van der Waals surface area contributed by atoms with Gasteiger partial charge in [-0.1, -0.05) is 42.6 Å². The second-order valence-electron chi connectivity index (χ2n) is 5.39. The average Bonchev–Trinajstić information content (AvgIpc) is 3.10. The monoisotopic (exact) mass is 291 g/mol. The van der Waals surface area contributed by atoms with E-state index in [1.54, 1.807) is 0 Å². The predicted molar refractivity (Wildman–Crippen MR) is 78.5 cm³/mol. The van der Waals surface area contributed by atoms with Gasteiger partial charge in [0.25, 0.3) is 0 Å². The third-order valence-corrected chi connectivity index (χ3v) is 4.19. The highest BCUT2D eigenvalue weighted by atomic mass is 35.5. The Morgan fingerprint density at radius 3 is 2.85 bits per heavy atom. The van der Waals surface area contributed by atoms with E-state index in [1.807, 2.05) is 24.4 Å². The van der Waals surface area contributed by atoms with Gasteiger partial charge in [-0.15, -0.1) is 0 Å². The van der Waals surface area contributed by atoms with Gasteiger partial charge in [-0.25, -0.2) is 9.13 Å². The third kappa shape index (κ3) is 3.41. The van der Waals surface area contributed by atoms with Crippen LogP contribution >= 0.6 is 11.6 Å². The van der Waals surface area contributed by atoms with Crippen LogP contribution < -0.4 is 4.57 Å². The summed E-state index contributed by atoms with van der Waals surface area (Å²) in [7, 11) is 0. The molecule has 3 nitrogen and oxygen atoms in total. The summed E-state index contributed by atoms with van der Waals surface area (Å²) in [6.45, 7) is 1.43. The molecule has 0 bridgehead atoms. The Balaban J connectivity index is 1.57. The van der Waals surface area contributed by atoms with E-state index in [0.717, 1.165) is 17.1 Å². The number of ether oxygens (including phenoxy) is 1. The van der Waals surface area contributed by atoms with Crippen molar-refractivity contribution in [2.24, 2.45) is 0 Å². The summed E-state index contributed by atoms with van der Waals surface area (Å²) in [4.78, 5) is 0. The Kier molecular flexibility index (Phi) is 4.38. The molecule has 1 aromatic carbocycles. The number of nitrogens with zero attached hydrogens (tertiary/aromatic N) is 2. The fourth-order valence-corrected chi connectivity index (χ4v) is 2.87. The normalized spacial score (nSPS) is 15.8. The topological polar surface area (TPSA) is 18.0 Å². The Morgan fingerprint density at radius 2 is 2.05 bits per heavy atom. The molecule has 0 spiro atoms. The van der Waals surface area contributed by atoms with Gasteiger partial charge in [-0.05, 0) is 18.9 Å². The summed E-state index contributed by atoms with van der Waals surface area (Å²) in [5.74, 6) is 0. The molecule has 1 saturated carbocycles. The van der Waals surface area contributed by atoms with E-state index in [-0.39, 0.29) is 0 Å². The first-order valence-corrected chi connectivity index (χ1v) is 7.59. The maximum Gasteiger partial charge on any atom is 0.245 e. The zero-order valence-corrected chi connectivity index (χ0v) is 12.3. The molecule has 1 aliphatic rings. The van der Waals surface area contributed by atoms with E-state index in [2.05, 4.69) is 27.7 Å². The van der Waals surface area contributed by atoms with Gasteiger partial charge in [0.15, 0.2) is 6.73 Å². The number of imidazole rings is 1. The van der Waals surface area contributed by atoms with Crippen LogP contribution in [0.3, 0.4) is 0 Å². The van der Waals surface area contributed by atoms with E-state index < -0.39 is 0 Å². The van der Waals surface area contributed by atoms with Gasteiger partial charge in [0.2, 0.25) is 6.33 Å². The quantitative estimate of drug-likeness (QED) is 0.772. The second kappa shape index (κ2) is 6.42. The maximum atomic E-state index is 6.18. The van der Waals surface area contributed by atoms with Crippen molar-refractivity contribution in [3.05, 3.63) is 53.6 Å². The number of halogens is 1. The van der Waals surface area contributed by atoms with Crippen LogP contribution in [0.25, 0.3) is 0 Å². The van der Waals surface area contributed by atoms with Gasteiger partial charge in [-0.3, -0.25) is 0 Å². The molecule has 0 amide bonds. The summed E-state index contributed by atoms with van der Waals surface area (Å²) < 4.78 is 10.1. The maximum absolute atomic E-state index is 6.18. The summed E-state index contributed by atoms with van der Waals surface area (Å²) in [5.41, 5.74) is 1.13. The van der Waals surface area contributed by atoms with E-state index in [1.165, 1.54) is 25.7 Å². The van der Waals surface area contributed by atoms with Crippen molar-refractivity contribution in [3.8, 4) is 0 Å². The lowest BCUT2D eigenvalue weighted by Gasteiger charge is -2.07. The lowest BCUT2D eigenvalue weighted by atomic mass is 10.2. The lowest BCUT2D eigenvalue weighted by molar-refractivity contribution is -0.688. The molecule has 2 aromatic rings. The third-order valence-electron chi connectivity index (χ3n) is 3.82. The van der Waals surface area contributed by atoms with E-state index in [0.29, 0.717) is 12.8 Å². The zero-order valence-electron chi connectivity index (χ0n) is 11.5. The first-order valence-electron chi connectivity index (χ1n) is 7.21. The fraction of sp³-hybridized carbons (Fsp3) is 0.438. The fourth-order valence-electron chi connectivity index (χ4n) is 2.68. The zero-order chi connectivity index (χ0) is 13.8. The summed E-state index contributed by atoms with van der Waals surface area (Å²) in [6.07, 6.45) is 11.7. The largest absolute Gasteiger partial charge is 0.338 e. The molecule has 4 heteroatoms. The van der Waals surface area contributed by atoms with Crippen molar-refractivity contribution in [2.45, 2.75) is 45.1 Å². The van der Waals surface area contributed by atoms with Crippen molar-refractivity contribution < 1.29 is 9.30 Å². The molecular formula is C16H20ClN2O+. The smallest absolute Gasteiger partial charge is 0.245 e. The van der Waals surface area contributed by atoms with Crippen LogP contribution in [0.5, 0.6) is 0 Å². The molecule has 1 aliphatic carbocycles. The van der Waals surface area contributed by atoms with Crippen molar-refractivity contribution in [1.82, 2.24) is 4.57 Å². The number of benzene rings is 1. The van der Waals surface area contributed by atoms with Gasteiger partial charge in [0, 0.05) is 10.6 Å². The van der Waals surface area contributed by atoms with E-state index in [9.17, 15) is 0 Å². The first kappa shape index (κ1) is 13.7. The average molecular weight is 292 g/mol. The van der Waals surface area contributed by atoms with Crippen LogP contribution in [0, 0.1) is 0 Å². The van der Waals surface area contributed by atoms with Gasteiger partial charge in [0.1, 0.15) is 18.9 Å². The van der Waals surface area contributed by atoms with Gasteiger partial charge < -0.3 is 4.74 Å². The minimum Gasteiger partial charge on any atom is -0.338 e. The van der Waals surface area contributed by atoms with Gasteiger partial charge in [-0.2, -0.15) is 0 Å². The molecule has 0 unspecified atom stereocenters.